The molecule has 0 bridgehead atoms. The van der Waals surface area contributed by atoms with Crippen molar-refractivity contribution in [1.29, 1.82) is 0 Å². The van der Waals surface area contributed by atoms with Gasteiger partial charge in [-0.3, -0.25) is 14.7 Å². The summed E-state index contributed by atoms with van der Waals surface area (Å²) in [6.07, 6.45) is -2.46. The summed E-state index contributed by atoms with van der Waals surface area (Å²) in [5.41, 5.74) is 1.95. The normalized spacial score (nSPS) is 23.0. The molecule has 0 saturated carbocycles. The number of carbonyl (C=O) groups is 2. The highest BCUT2D eigenvalue weighted by molar-refractivity contribution is 7.92. The van der Waals surface area contributed by atoms with Crippen molar-refractivity contribution in [2.24, 2.45) is 0 Å². The number of fused-ring (bicyclic) bond motifs is 1. The number of nitrogens with zero attached hydrogens (tertiary/aromatic N) is 3. The van der Waals surface area contributed by atoms with Crippen LogP contribution in [-0.2, 0) is 26.0 Å². The Labute approximate surface area is 191 Å². The van der Waals surface area contributed by atoms with Gasteiger partial charge < -0.3 is 10.0 Å². The summed E-state index contributed by atoms with van der Waals surface area (Å²) in [6.45, 7) is 6.37. The molecule has 0 aromatic carbocycles. The predicted molar refractivity (Wildman–Crippen MR) is 115 cm³/mol. The fourth-order valence-corrected chi connectivity index (χ4v) is 6.22. The third-order valence-electron chi connectivity index (χ3n) is 5.77. The van der Waals surface area contributed by atoms with Crippen LogP contribution in [0.2, 0.25) is 0 Å². The van der Waals surface area contributed by atoms with Crippen LogP contribution >= 0.6 is 0 Å². The molecule has 0 aliphatic carbocycles. The predicted octanol–water partition coefficient (Wildman–Crippen LogP) is 2.41. The smallest absolute Gasteiger partial charge is 0.475 e. The zero-order valence-corrected chi connectivity index (χ0v) is 19.5. The molecule has 3 heterocycles. The fourth-order valence-electron chi connectivity index (χ4n) is 4.17. The lowest BCUT2D eigenvalue weighted by molar-refractivity contribution is -0.192. The second-order valence-electron chi connectivity index (χ2n) is 8.22. The van der Waals surface area contributed by atoms with Crippen LogP contribution in [0.15, 0.2) is 18.2 Å². The standard InChI is InChI=1S/C19H29N3O3S.C2HF3O2/c1-3-5-19(23)21-10-8-17-18(9-11-21)26(24,25)13-12-22(17)14-16-7-4-6-15(2)20-16;3-2(4,5)1(6)7/h4,6-7,17-18H,3,5,8-14H2,1-2H3;(H,6,7)/t17-,18+;/m0./s1. The molecule has 1 aromatic rings. The molecule has 0 radical (unpaired) electrons. The number of carboxylic acid groups (broad SMARTS) is 1. The number of likely N-dealkylation sites (tertiary alicyclic amines) is 1. The number of aliphatic carboxylic acids is 1. The van der Waals surface area contributed by atoms with Crippen molar-refractivity contribution in [3.63, 3.8) is 0 Å². The lowest BCUT2D eigenvalue weighted by Gasteiger charge is -2.39. The molecular formula is C21H30F3N3O5S. The minimum absolute atomic E-state index is 0.0320. The maximum atomic E-state index is 12.7. The summed E-state index contributed by atoms with van der Waals surface area (Å²) in [4.78, 5) is 29.9. The van der Waals surface area contributed by atoms with Crippen molar-refractivity contribution in [1.82, 2.24) is 14.8 Å². The SMILES string of the molecule is CCCC(=O)N1CC[C@@H]2[C@H](CC1)N(Cc1cccc(C)n1)CCS2(=O)=O.O=C(O)C(F)(F)F. The number of carboxylic acids is 1. The first-order chi connectivity index (χ1) is 15.3. The second kappa shape index (κ2) is 11.3. The van der Waals surface area contributed by atoms with Crippen molar-refractivity contribution in [2.75, 3.05) is 25.4 Å². The van der Waals surface area contributed by atoms with E-state index in [9.17, 15) is 26.4 Å². The highest BCUT2D eigenvalue weighted by Crippen LogP contribution is 2.29. The van der Waals surface area contributed by atoms with E-state index in [0.29, 0.717) is 45.4 Å². The van der Waals surface area contributed by atoms with Crippen LogP contribution < -0.4 is 0 Å². The van der Waals surface area contributed by atoms with E-state index in [4.69, 9.17) is 9.90 Å². The van der Waals surface area contributed by atoms with Crippen molar-refractivity contribution >= 4 is 21.7 Å². The van der Waals surface area contributed by atoms with E-state index in [1.54, 1.807) is 0 Å². The summed E-state index contributed by atoms with van der Waals surface area (Å²) >= 11 is 0. The van der Waals surface area contributed by atoms with E-state index < -0.39 is 22.0 Å². The van der Waals surface area contributed by atoms with Gasteiger partial charge in [0.05, 0.1) is 16.7 Å². The highest BCUT2D eigenvalue weighted by Gasteiger charge is 2.43. The Morgan fingerprint density at radius 1 is 1.18 bits per heavy atom. The number of pyridine rings is 1. The Morgan fingerprint density at radius 2 is 1.82 bits per heavy atom. The number of aryl methyl sites for hydroxylation is 1. The second-order valence-corrected chi connectivity index (χ2v) is 10.6. The molecule has 8 nitrogen and oxygen atoms in total. The lowest BCUT2D eigenvalue weighted by atomic mass is 10.1. The lowest BCUT2D eigenvalue weighted by Crippen LogP contribution is -2.54. The largest absolute Gasteiger partial charge is 0.490 e. The summed E-state index contributed by atoms with van der Waals surface area (Å²) in [6, 6.07) is 5.93. The van der Waals surface area contributed by atoms with Crippen molar-refractivity contribution in [3.8, 4) is 0 Å². The summed E-state index contributed by atoms with van der Waals surface area (Å²) in [5, 5.41) is 6.75. The maximum Gasteiger partial charge on any atom is 0.490 e. The number of alkyl halides is 3. The summed E-state index contributed by atoms with van der Waals surface area (Å²) in [7, 11) is -3.10. The number of amides is 1. The molecule has 33 heavy (non-hydrogen) atoms. The summed E-state index contributed by atoms with van der Waals surface area (Å²) < 4.78 is 57.1. The third kappa shape index (κ3) is 7.66. The highest BCUT2D eigenvalue weighted by atomic mass is 32.2. The molecule has 1 N–H and O–H groups in total. The van der Waals surface area contributed by atoms with Crippen molar-refractivity contribution in [2.45, 2.75) is 63.5 Å². The average Bonchev–Trinajstić information content (AvgIpc) is 2.95. The van der Waals surface area contributed by atoms with Gasteiger partial charge in [-0.05, 0) is 38.3 Å². The molecule has 3 rings (SSSR count). The zero-order chi connectivity index (χ0) is 24.8. The molecule has 0 unspecified atom stereocenters. The molecule has 1 aromatic heterocycles. The van der Waals surface area contributed by atoms with Gasteiger partial charge in [0.15, 0.2) is 9.84 Å². The molecule has 2 fully saturated rings. The minimum atomic E-state index is -5.08. The molecule has 2 aliphatic heterocycles. The van der Waals surface area contributed by atoms with Gasteiger partial charge in [-0.25, -0.2) is 13.2 Å². The van der Waals surface area contributed by atoms with E-state index in [1.807, 2.05) is 36.9 Å². The number of hydrogen-bond acceptors (Lipinski definition) is 6. The first kappa shape index (κ1) is 27.0. The maximum absolute atomic E-state index is 12.7. The zero-order valence-electron chi connectivity index (χ0n) is 18.7. The van der Waals surface area contributed by atoms with E-state index in [0.717, 1.165) is 17.8 Å². The van der Waals surface area contributed by atoms with Gasteiger partial charge in [0, 0.05) is 44.3 Å². The Kier molecular flexibility index (Phi) is 9.24. The molecule has 186 valence electrons. The van der Waals surface area contributed by atoms with E-state index in [2.05, 4.69) is 9.88 Å². The van der Waals surface area contributed by atoms with E-state index in [-0.39, 0.29) is 23.0 Å². The number of sulfone groups is 1. The molecule has 2 aliphatic rings. The van der Waals surface area contributed by atoms with Gasteiger partial charge in [0.25, 0.3) is 0 Å². The number of halogens is 3. The number of hydrogen-bond donors (Lipinski definition) is 1. The number of rotatable bonds is 4. The first-order valence-electron chi connectivity index (χ1n) is 10.8. The van der Waals surface area contributed by atoms with Crippen LogP contribution in [0.4, 0.5) is 13.2 Å². The molecule has 0 spiro atoms. The van der Waals surface area contributed by atoms with Crippen LogP contribution in [0.5, 0.6) is 0 Å². The van der Waals surface area contributed by atoms with Gasteiger partial charge in [0.2, 0.25) is 5.91 Å². The van der Waals surface area contributed by atoms with E-state index in [1.165, 1.54) is 0 Å². The monoisotopic (exact) mass is 493 g/mol. The van der Waals surface area contributed by atoms with Gasteiger partial charge in [-0.2, -0.15) is 13.2 Å². The third-order valence-corrected chi connectivity index (χ3v) is 7.99. The molecule has 12 heteroatoms. The van der Waals surface area contributed by atoms with Gasteiger partial charge in [0.1, 0.15) is 0 Å². The van der Waals surface area contributed by atoms with E-state index >= 15 is 0 Å². The van der Waals surface area contributed by atoms with Crippen LogP contribution in [0.3, 0.4) is 0 Å². The van der Waals surface area contributed by atoms with Gasteiger partial charge in [-0.15, -0.1) is 0 Å². The number of aromatic nitrogens is 1. The topological polar surface area (TPSA) is 108 Å². The Balaban J connectivity index is 0.000000479. The minimum Gasteiger partial charge on any atom is -0.475 e. The summed E-state index contributed by atoms with van der Waals surface area (Å²) in [5.74, 6) is -2.41. The van der Waals surface area contributed by atoms with Crippen molar-refractivity contribution < 1.29 is 36.3 Å². The van der Waals surface area contributed by atoms with Gasteiger partial charge >= 0.3 is 12.1 Å². The Bertz CT molecular complexity index is 939. The quantitative estimate of drug-likeness (QED) is 0.686. The van der Waals surface area contributed by atoms with Crippen LogP contribution in [-0.4, -0.2) is 83.0 Å². The molecular weight excluding hydrogens is 463 g/mol. The van der Waals surface area contributed by atoms with Gasteiger partial charge in [-0.1, -0.05) is 13.0 Å². The van der Waals surface area contributed by atoms with Crippen molar-refractivity contribution in [3.05, 3.63) is 29.6 Å². The number of carbonyl (C=O) groups excluding carboxylic acids is 1. The molecule has 2 saturated heterocycles. The Morgan fingerprint density at radius 3 is 2.39 bits per heavy atom. The fraction of sp³-hybridized carbons (Fsp3) is 0.667. The van der Waals surface area contributed by atoms with Crippen LogP contribution in [0.1, 0.15) is 44.0 Å². The van der Waals surface area contributed by atoms with Crippen LogP contribution in [0.25, 0.3) is 0 Å². The first-order valence-corrected chi connectivity index (χ1v) is 12.5. The molecule has 2 atom stereocenters. The molecule has 1 amide bonds. The average molecular weight is 494 g/mol. The Hall–Kier alpha value is -2.21. The van der Waals surface area contributed by atoms with Crippen LogP contribution in [0, 0.1) is 6.92 Å².